The van der Waals surface area contributed by atoms with Crippen LogP contribution in [0.1, 0.15) is 42.7 Å². The number of nitro benzene ring substituents is 1. The zero-order chi connectivity index (χ0) is 27.4. The van der Waals surface area contributed by atoms with Crippen LogP contribution in [0.2, 0.25) is 0 Å². The van der Waals surface area contributed by atoms with Gasteiger partial charge in [-0.1, -0.05) is 36.3 Å². The van der Waals surface area contributed by atoms with E-state index in [2.05, 4.69) is 41.1 Å². The second kappa shape index (κ2) is 13.4. The summed E-state index contributed by atoms with van der Waals surface area (Å²) in [5.74, 6) is 6.39. The number of nitrogens with zero attached hydrogens (tertiary/aromatic N) is 2. The monoisotopic (exact) mass is 517 g/mol. The van der Waals surface area contributed by atoms with E-state index >= 15 is 0 Å². The summed E-state index contributed by atoms with van der Waals surface area (Å²) in [6, 6.07) is 18.1. The van der Waals surface area contributed by atoms with E-state index in [1.54, 1.807) is 24.4 Å². The molecule has 0 atom stereocenters. The molecule has 0 saturated heterocycles. The summed E-state index contributed by atoms with van der Waals surface area (Å²) >= 11 is 0. The number of carboxylic acid groups (broad SMARTS) is 1. The second-order valence-electron chi connectivity index (χ2n) is 8.61. The van der Waals surface area contributed by atoms with Gasteiger partial charge >= 0.3 is 5.97 Å². The number of carboxylic acids is 1. The Bertz CT molecular complexity index is 1290. The maximum atomic E-state index is 10.9. The Labute approximate surface area is 219 Å². The van der Waals surface area contributed by atoms with Crippen molar-refractivity contribution in [1.29, 1.82) is 0 Å². The predicted molar refractivity (Wildman–Crippen MR) is 139 cm³/mol. The number of non-ortho nitro benzene ring substituents is 1. The molecule has 2 aromatic carbocycles. The van der Waals surface area contributed by atoms with Crippen LogP contribution in [0.4, 0.5) is 5.69 Å². The molecule has 3 N–H and O–H groups in total. The minimum atomic E-state index is -1.04. The Morgan fingerprint density at radius 3 is 2.39 bits per heavy atom. The lowest BCUT2D eigenvalue weighted by Gasteiger charge is -2.37. The van der Waals surface area contributed by atoms with E-state index in [0.29, 0.717) is 23.6 Å². The first-order valence-electron chi connectivity index (χ1n) is 11.8. The van der Waals surface area contributed by atoms with Crippen LogP contribution >= 0.6 is 0 Å². The highest BCUT2D eigenvalue weighted by Crippen LogP contribution is 2.40. The molecule has 1 saturated carbocycles. The zero-order valence-corrected chi connectivity index (χ0v) is 20.4. The standard InChI is InChI=1S/C25H22N2O4.C3H5NO3/c28-23-16-19(17-26-18-23)10-13-25(31-24-8-6-22(7-9-24)27(29)30)14-11-21(12-15-25)20-4-2-1-3-5-20;5-2-4-1-3(6)7/h1-9,16-18,21,28H,11-12,14-15H2;2H,1H2,(H,4,5)(H,6,7). The van der Waals surface area contributed by atoms with Gasteiger partial charge in [0.15, 0.2) is 5.60 Å². The molecule has 3 aromatic rings. The number of ether oxygens (including phenoxy) is 1. The van der Waals surface area contributed by atoms with Gasteiger partial charge in [0, 0.05) is 23.9 Å². The number of aromatic nitrogens is 1. The summed E-state index contributed by atoms with van der Waals surface area (Å²) in [5.41, 5.74) is 1.23. The normalized spacial score (nSPS) is 17.9. The van der Waals surface area contributed by atoms with Crippen LogP contribution in [-0.4, -0.2) is 44.6 Å². The number of hydrogen-bond acceptors (Lipinski definition) is 7. The van der Waals surface area contributed by atoms with Gasteiger partial charge in [-0.25, -0.2) is 0 Å². The van der Waals surface area contributed by atoms with E-state index in [4.69, 9.17) is 9.84 Å². The van der Waals surface area contributed by atoms with Crippen LogP contribution in [-0.2, 0) is 9.59 Å². The summed E-state index contributed by atoms with van der Waals surface area (Å²) in [6.45, 7) is -0.302. The van der Waals surface area contributed by atoms with Crippen molar-refractivity contribution in [3.8, 4) is 23.3 Å². The number of amides is 1. The quantitative estimate of drug-likeness (QED) is 0.184. The van der Waals surface area contributed by atoms with Gasteiger partial charge in [-0.2, -0.15) is 0 Å². The molecule has 1 heterocycles. The smallest absolute Gasteiger partial charge is 0.322 e. The first-order valence-corrected chi connectivity index (χ1v) is 11.8. The third kappa shape index (κ3) is 8.34. The number of carbonyl (C=O) groups excluding carboxylic acids is 1. The molecule has 38 heavy (non-hydrogen) atoms. The van der Waals surface area contributed by atoms with Gasteiger partial charge < -0.3 is 20.3 Å². The number of carbonyl (C=O) groups is 2. The molecule has 4 rings (SSSR count). The molecule has 0 radical (unpaired) electrons. The summed E-state index contributed by atoms with van der Waals surface area (Å²) in [5, 5.41) is 30.4. The van der Waals surface area contributed by atoms with Crippen molar-refractivity contribution in [2.75, 3.05) is 6.54 Å². The van der Waals surface area contributed by atoms with Crippen LogP contribution in [0, 0.1) is 22.0 Å². The van der Waals surface area contributed by atoms with E-state index in [-0.39, 0.29) is 18.0 Å². The van der Waals surface area contributed by atoms with Crippen LogP contribution in [0.3, 0.4) is 0 Å². The highest BCUT2D eigenvalue weighted by molar-refractivity contribution is 5.71. The fourth-order valence-corrected chi connectivity index (χ4v) is 4.07. The number of pyridine rings is 1. The Morgan fingerprint density at radius 2 is 1.84 bits per heavy atom. The minimum Gasteiger partial charge on any atom is -0.506 e. The molecule has 196 valence electrons. The summed E-state index contributed by atoms with van der Waals surface area (Å²) in [4.78, 5) is 33.4. The molecule has 10 nitrogen and oxygen atoms in total. The third-order valence-electron chi connectivity index (χ3n) is 5.92. The Kier molecular flexibility index (Phi) is 9.77. The molecule has 1 fully saturated rings. The van der Waals surface area contributed by atoms with Crippen LogP contribution in [0.15, 0.2) is 73.1 Å². The number of aliphatic carboxylic acids is 1. The molecule has 1 aliphatic carbocycles. The molecule has 1 amide bonds. The number of aromatic hydroxyl groups is 1. The van der Waals surface area contributed by atoms with Crippen LogP contribution < -0.4 is 10.1 Å². The van der Waals surface area contributed by atoms with Crippen molar-refractivity contribution in [3.63, 3.8) is 0 Å². The van der Waals surface area contributed by atoms with E-state index in [0.717, 1.165) is 25.7 Å². The Morgan fingerprint density at radius 1 is 1.16 bits per heavy atom. The fourth-order valence-electron chi connectivity index (χ4n) is 4.07. The third-order valence-corrected chi connectivity index (χ3v) is 5.92. The van der Waals surface area contributed by atoms with Gasteiger partial charge in [-0.3, -0.25) is 24.7 Å². The van der Waals surface area contributed by atoms with Crippen molar-refractivity contribution in [1.82, 2.24) is 10.3 Å². The molecule has 1 aliphatic rings. The lowest BCUT2D eigenvalue weighted by atomic mass is 9.76. The molecular formula is C28H27N3O7. The zero-order valence-electron chi connectivity index (χ0n) is 20.4. The average Bonchev–Trinajstić information content (AvgIpc) is 2.92. The number of nitro groups is 1. The van der Waals surface area contributed by atoms with E-state index < -0.39 is 16.5 Å². The summed E-state index contributed by atoms with van der Waals surface area (Å²) in [6.07, 6.45) is 6.59. The van der Waals surface area contributed by atoms with Gasteiger partial charge in [0.25, 0.3) is 5.69 Å². The fraction of sp³-hybridized carbons (Fsp3) is 0.250. The van der Waals surface area contributed by atoms with Gasteiger partial charge in [0.1, 0.15) is 18.0 Å². The highest BCUT2D eigenvalue weighted by Gasteiger charge is 2.36. The van der Waals surface area contributed by atoms with E-state index in [9.17, 15) is 24.8 Å². The molecule has 0 spiro atoms. The van der Waals surface area contributed by atoms with Crippen molar-refractivity contribution in [2.45, 2.75) is 37.2 Å². The lowest BCUT2D eigenvalue weighted by Crippen LogP contribution is -2.38. The number of rotatable bonds is 7. The van der Waals surface area contributed by atoms with Crippen molar-refractivity contribution < 1.29 is 29.5 Å². The number of nitrogens with one attached hydrogen (secondary N) is 1. The maximum Gasteiger partial charge on any atom is 0.322 e. The highest BCUT2D eigenvalue weighted by atomic mass is 16.6. The molecular weight excluding hydrogens is 490 g/mol. The second-order valence-corrected chi connectivity index (χ2v) is 8.61. The largest absolute Gasteiger partial charge is 0.506 e. The lowest BCUT2D eigenvalue weighted by molar-refractivity contribution is -0.384. The first kappa shape index (κ1) is 27.7. The molecule has 10 heteroatoms. The molecule has 1 aromatic heterocycles. The van der Waals surface area contributed by atoms with Crippen molar-refractivity contribution >= 4 is 18.1 Å². The van der Waals surface area contributed by atoms with Gasteiger partial charge in [-0.15, -0.1) is 0 Å². The number of hydrogen-bond donors (Lipinski definition) is 3. The maximum absolute atomic E-state index is 10.9. The summed E-state index contributed by atoms with van der Waals surface area (Å²) in [7, 11) is 0. The topological polar surface area (TPSA) is 152 Å². The average molecular weight is 518 g/mol. The minimum absolute atomic E-state index is 0.0195. The van der Waals surface area contributed by atoms with Crippen molar-refractivity contribution in [2.24, 2.45) is 0 Å². The summed E-state index contributed by atoms with van der Waals surface area (Å²) < 4.78 is 6.33. The van der Waals surface area contributed by atoms with Gasteiger partial charge in [0.2, 0.25) is 6.41 Å². The van der Waals surface area contributed by atoms with Crippen molar-refractivity contribution in [3.05, 3.63) is 94.3 Å². The van der Waals surface area contributed by atoms with Crippen LogP contribution in [0.25, 0.3) is 0 Å². The predicted octanol–water partition coefficient (Wildman–Crippen LogP) is 4.04. The molecule has 0 aliphatic heterocycles. The van der Waals surface area contributed by atoms with E-state index in [1.807, 2.05) is 11.4 Å². The molecule has 0 unspecified atom stereocenters. The Hall–Kier alpha value is -4.91. The van der Waals surface area contributed by atoms with Gasteiger partial charge in [-0.05, 0) is 61.3 Å². The van der Waals surface area contributed by atoms with Gasteiger partial charge in [0.05, 0.1) is 11.1 Å². The SMILES string of the molecule is O=CNCC(=O)O.O=[N+]([O-])c1ccc(OC2(C#Cc3cncc(O)c3)CCC(c3ccccc3)CC2)cc1. The Balaban J connectivity index is 0.000000505. The number of benzene rings is 2. The van der Waals surface area contributed by atoms with E-state index in [1.165, 1.54) is 23.9 Å². The van der Waals surface area contributed by atoms with Crippen LogP contribution in [0.5, 0.6) is 11.5 Å². The first-order chi connectivity index (χ1) is 18.3. The molecule has 0 bridgehead atoms.